The standard InChI is InChI=1S/C12H18O/c1-4-7-8-9-10-12(6-3)13-11-5-2/h2,4,6,12H,1,3,7-11H2. The molecule has 0 aliphatic heterocycles. The van der Waals surface area contributed by atoms with E-state index < -0.39 is 0 Å². The predicted octanol–water partition coefficient (Wildman–Crippen LogP) is 2.94. The molecule has 0 aromatic heterocycles. The Balaban J connectivity index is 3.42. The Bertz CT molecular complexity index is 176. The monoisotopic (exact) mass is 178 g/mol. The van der Waals surface area contributed by atoms with Crippen LogP contribution in [0, 0.1) is 12.3 Å². The molecule has 0 radical (unpaired) electrons. The highest BCUT2D eigenvalue weighted by atomic mass is 16.5. The second-order valence-corrected chi connectivity index (χ2v) is 2.86. The number of allylic oxidation sites excluding steroid dienone is 1. The van der Waals surface area contributed by atoms with E-state index in [4.69, 9.17) is 11.2 Å². The van der Waals surface area contributed by atoms with Gasteiger partial charge in [-0.25, -0.2) is 0 Å². The molecule has 13 heavy (non-hydrogen) atoms. The molecule has 0 N–H and O–H groups in total. The summed E-state index contributed by atoms with van der Waals surface area (Å²) in [5.41, 5.74) is 0. The normalized spacial score (nSPS) is 11.6. The van der Waals surface area contributed by atoms with Crippen LogP contribution < -0.4 is 0 Å². The van der Waals surface area contributed by atoms with Gasteiger partial charge in [-0.15, -0.1) is 19.6 Å². The highest BCUT2D eigenvalue weighted by Crippen LogP contribution is 2.07. The van der Waals surface area contributed by atoms with Crippen molar-refractivity contribution in [1.29, 1.82) is 0 Å². The van der Waals surface area contributed by atoms with E-state index in [2.05, 4.69) is 19.1 Å². The Morgan fingerprint density at radius 1 is 1.38 bits per heavy atom. The van der Waals surface area contributed by atoms with E-state index in [0.717, 1.165) is 25.7 Å². The maximum absolute atomic E-state index is 5.34. The van der Waals surface area contributed by atoms with Crippen LogP contribution in [0.2, 0.25) is 0 Å². The quantitative estimate of drug-likeness (QED) is 0.315. The topological polar surface area (TPSA) is 9.23 Å². The molecule has 0 aromatic rings. The third kappa shape index (κ3) is 7.36. The number of ether oxygens (including phenoxy) is 1. The van der Waals surface area contributed by atoms with Gasteiger partial charge >= 0.3 is 0 Å². The summed E-state index contributed by atoms with van der Waals surface area (Å²) in [5.74, 6) is 2.45. The summed E-state index contributed by atoms with van der Waals surface area (Å²) in [6.07, 6.45) is 13.3. The molecular formula is C12H18O. The smallest absolute Gasteiger partial charge is 0.108 e. The van der Waals surface area contributed by atoms with Gasteiger partial charge in [-0.05, 0) is 19.3 Å². The van der Waals surface area contributed by atoms with Gasteiger partial charge in [-0.1, -0.05) is 24.5 Å². The van der Waals surface area contributed by atoms with E-state index in [0.29, 0.717) is 6.61 Å². The first-order valence-electron chi connectivity index (χ1n) is 4.63. The molecular weight excluding hydrogens is 160 g/mol. The minimum absolute atomic E-state index is 0.112. The van der Waals surface area contributed by atoms with Crippen molar-refractivity contribution in [3.05, 3.63) is 25.3 Å². The lowest BCUT2D eigenvalue weighted by Crippen LogP contribution is -2.09. The van der Waals surface area contributed by atoms with Gasteiger partial charge in [0.15, 0.2) is 0 Å². The fourth-order valence-corrected chi connectivity index (χ4v) is 1.06. The fourth-order valence-electron chi connectivity index (χ4n) is 1.06. The van der Waals surface area contributed by atoms with E-state index in [-0.39, 0.29) is 6.10 Å². The van der Waals surface area contributed by atoms with Crippen molar-refractivity contribution in [3.63, 3.8) is 0 Å². The number of rotatable bonds is 8. The van der Waals surface area contributed by atoms with Crippen LogP contribution in [0.3, 0.4) is 0 Å². The van der Waals surface area contributed by atoms with E-state index >= 15 is 0 Å². The first kappa shape index (κ1) is 12.0. The highest BCUT2D eigenvalue weighted by molar-refractivity contribution is 4.87. The molecule has 0 fully saturated rings. The van der Waals surface area contributed by atoms with Gasteiger partial charge in [-0.3, -0.25) is 0 Å². The Kier molecular flexibility index (Phi) is 8.39. The second-order valence-electron chi connectivity index (χ2n) is 2.86. The average molecular weight is 178 g/mol. The summed E-state index contributed by atoms with van der Waals surface area (Å²) in [6.45, 7) is 7.74. The van der Waals surface area contributed by atoms with Gasteiger partial charge in [0.05, 0.1) is 6.10 Å². The van der Waals surface area contributed by atoms with Gasteiger partial charge in [0.2, 0.25) is 0 Å². The van der Waals surface area contributed by atoms with E-state index in [1.165, 1.54) is 0 Å². The molecule has 1 heteroatoms. The predicted molar refractivity (Wildman–Crippen MR) is 57.4 cm³/mol. The summed E-state index contributed by atoms with van der Waals surface area (Å²) in [5, 5.41) is 0. The molecule has 1 nitrogen and oxygen atoms in total. The zero-order chi connectivity index (χ0) is 9.94. The number of hydrogen-bond acceptors (Lipinski definition) is 1. The van der Waals surface area contributed by atoms with Gasteiger partial charge < -0.3 is 4.74 Å². The molecule has 0 rings (SSSR count). The first-order chi connectivity index (χ1) is 6.35. The van der Waals surface area contributed by atoms with Crippen LogP contribution in [-0.2, 0) is 4.74 Å². The van der Waals surface area contributed by atoms with Gasteiger partial charge in [0, 0.05) is 0 Å². The van der Waals surface area contributed by atoms with Gasteiger partial charge in [-0.2, -0.15) is 0 Å². The molecule has 72 valence electrons. The fraction of sp³-hybridized carbons (Fsp3) is 0.500. The maximum atomic E-state index is 5.34. The Hall–Kier alpha value is -1.00. The van der Waals surface area contributed by atoms with E-state index in [1.807, 2.05) is 12.2 Å². The van der Waals surface area contributed by atoms with Crippen molar-refractivity contribution in [1.82, 2.24) is 0 Å². The van der Waals surface area contributed by atoms with Crippen LogP contribution in [0.15, 0.2) is 25.3 Å². The van der Waals surface area contributed by atoms with Crippen molar-refractivity contribution in [2.45, 2.75) is 31.8 Å². The summed E-state index contributed by atoms with van der Waals surface area (Å²) in [4.78, 5) is 0. The molecule has 0 aliphatic carbocycles. The second kappa shape index (κ2) is 9.09. The van der Waals surface area contributed by atoms with Crippen LogP contribution in [0.1, 0.15) is 25.7 Å². The van der Waals surface area contributed by atoms with Crippen LogP contribution in [-0.4, -0.2) is 12.7 Å². The Labute approximate surface area is 81.5 Å². The molecule has 0 aliphatic rings. The molecule has 0 spiro atoms. The average Bonchev–Trinajstić information content (AvgIpc) is 2.17. The zero-order valence-electron chi connectivity index (χ0n) is 8.17. The molecule has 0 heterocycles. The SMILES string of the molecule is C#CCOC(C=C)CCCCC=C. The summed E-state index contributed by atoms with van der Waals surface area (Å²) >= 11 is 0. The van der Waals surface area contributed by atoms with Crippen molar-refractivity contribution < 1.29 is 4.74 Å². The number of terminal acetylenes is 1. The lowest BCUT2D eigenvalue weighted by molar-refractivity contribution is 0.105. The minimum Gasteiger partial charge on any atom is -0.362 e. The molecule has 0 saturated heterocycles. The molecule has 0 aromatic carbocycles. The lowest BCUT2D eigenvalue weighted by Gasteiger charge is -2.10. The minimum atomic E-state index is 0.112. The number of hydrogen-bond donors (Lipinski definition) is 0. The largest absolute Gasteiger partial charge is 0.362 e. The van der Waals surface area contributed by atoms with Crippen LogP contribution in [0.4, 0.5) is 0 Å². The van der Waals surface area contributed by atoms with Crippen LogP contribution in [0.5, 0.6) is 0 Å². The first-order valence-corrected chi connectivity index (χ1v) is 4.63. The van der Waals surface area contributed by atoms with Crippen molar-refractivity contribution >= 4 is 0 Å². The zero-order valence-corrected chi connectivity index (χ0v) is 8.17. The van der Waals surface area contributed by atoms with E-state index in [9.17, 15) is 0 Å². The van der Waals surface area contributed by atoms with Crippen molar-refractivity contribution in [2.75, 3.05) is 6.61 Å². The number of unbranched alkanes of at least 4 members (excludes halogenated alkanes) is 2. The highest BCUT2D eigenvalue weighted by Gasteiger charge is 2.01. The third-order valence-electron chi connectivity index (χ3n) is 1.79. The molecule has 0 saturated carbocycles. The van der Waals surface area contributed by atoms with Crippen LogP contribution in [0.25, 0.3) is 0 Å². The van der Waals surface area contributed by atoms with Gasteiger partial charge in [0.25, 0.3) is 0 Å². The molecule has 1 unspecified atom stereocenters. The summed E-state index contributed by atoms with van der Waals surface area (Å²) in [7, 11) is 0. The Morgan fingerprint density at radius 2 is 2.15 bits per heavy atom. The molecule has 0 bridgehead atoms. The molecule has 0 amide bonds. The lowest BCUT2D eigenvalue weighted by atomic mass is 10.1. The third-order valence-corrected chi connectivity index (χ3v) is 1.79. The maximum Gasteiger partial charge on any atom is 0.108 e. The van der Waals surface area contributed by atoms with Crippen molar-refractivity contribution in [3.8, 4) is 12.3 Å². The van der Waals surface area contributed by atoms with Gasteiger partial charge in [0.1, 0.15) is 6.61 Å². The summed E-state index contributed by atoms with van der Waals surface area (Å²) < 4.78 is 5.34. The molecule has 1 atom stereocenters. The van der Waals surface area contributed by atoms with Crippen LogP contribution >= 0.6 is 0 Å². The van der Waals surface area contributed by atoms with E-state index in [1.54, 1.807) is 0 Å². The summed E-state index contributed by atoms with van der Waals surface area (Å²) in [6, 6.07) is 0. The Morgan fingerprint density at radius 3 is 2.69 bits per heavy atom. The van der Waals surface area contributed by atoms with Crippen molar-refractivity contribution in [2.24, 2.45) is 0 Å².